The average molecular weight is 356 g/mol. The van der Waals surface area contributed by atoms with E-state index in [1.165, 1.54) is 17.0 Å². The summed E-state index contributed by atoms with van der Waals surface area (Å²) in [5.74, 6) is -0.0298. The van der Waals surface area contributed by atoms with Gasteiger partial charge in [-0.05, 0) is 36.8 Å². The maximum absolute atomic E-state index is 13.1. The van der Waals surface area contributed by atoms with Crippen molar-refractivity contribution in [1.82, 2.24) is 4.90 Å². The van der Waals surface area contributed by atoms with Crippen LogP contribution in [0, 0.1) is 5.82 Å². The summed E-state index contributed by atoms with van der Waals surface area (Å²) in [5.41, 5.74) is 2.19. The van der Waals surface area contributed by atoms with Gasteiger partial charge in [0.1, 0.15) is 5.82 Å². The van der Waals surface area contributed by atoms with Gasteiger partial charge < -0.3 is 14.7 Å². The molecule has 0 aromatic heterocycles. The van der Waals surface area contributed by atoms with Crippen molar-refractivity contribution in [3.05, 3.63) is 66.0 Å². The number of nitrogens with one attached hydrogen (secondary N) is 1. The van der Waals surface area contributed by atoms with Gasteiger partial charge in [-0.25, -0.2) is 4.39 Å². The Bertz CT molecular complexity index is 712. The van der Waals surface area contributed by atoms with Crippen molar-refractivity contribution in [3.63, 3.8) is 0 Å². The lowest BCUT2D eigenvalue weighted by molar-refractivity contribution is -0.915. The summed E-state index contributed by atoms with van der Waals surface area (Å²) in [7, 11) is 1.88. The Kier molecular flexibility index (Phi) is 5.89. The van der Waals surface area contributed by atoms with Gasteiger partial charge in [0, 0.05) is 19.3 Å². The van der Waals surface area contributed by atoms with E-state index in [2.05, 4.69) is 4.90 Å². The quantitative estimate of drug-likeness (QED) is 0.881. The Morgan fingerprint density at radius 2 is 1.73 bits per heavy atom. The van der Waals surface area contributed by atoms with Crippen molar-refractivity contribution < 1.29 is 14.1 Å². The lowest BCUT2D eigenvalue weighted by Crippen LogP contribution is -3.19. The molecule has 0 spiro atoms. The van der Waals surface area contributed by atoms with Crippen LogP contribution in [0.1, 0.15) is 12.5 Å². The number of anilines is 1. The molecule has 0 radical (unpaired) electrons. The van der Waals surface area contributed by atoms with Crippen molar-refractivity contribution in [2.75, 3.05) is 38.1 Å². The second-order valence-corrected chi connectivity index (χ2v) is 7.02. The normalized spacial score (nSPS) is 16.3. The molecule has 1 heterocycles. The first-order valence-corrected chi connectivity index (χ1v) is 9.18. The molecule has 4 nitrogen and oxygen atoms in total. The van der Waals surface area contributed by atoms with E-state index in [-0.39, 0.29) is 17.8 Å². The van der Waals surface area contributed by atoms with Crippen LogP contribution < -0.4 is 9.80 Å². The van der Waals surface area contributed by atoms with Gasteiger partial charge in [-0.15, -0.1) is 0 Å². The van der Waals surface area contributed by atoms with Crippen molar-refractivity contribution >= 4 is 11.6 Å². The van der Waals surface area contributed by atoms with E-state index < -0.39 is 0 Å². The number of likely N-dealkylation sites (N-methyl/N-ethyl adjacent to an activating group) is 1. The minimum Gasteiger partial charge on any atom is -0.360 e. The average Bonchev–Trinajstić information content (AvgIpc) is 2.68. The molecule has 0 aliphatic carbocycles. The number of halogens is 1. The van der Waals surface area contributed by atoms with Gasteiger partial charge in [-0.3, -0.25) is 4.79 Å². The van der Waals surface area contributed by atoms with Crippen molar-refractivity contribution in [3.8, 4) is 0 Å². The highest BCUT2D eigenvalue weighted by Crippen LogP contribution is 2.14. The van der Waals surface area contributed by atoms with Crippen molar-refractivity contribution in [2.45, 2.75) is 19.5 Å². The Balaban J connectivity index is 1.53. The zero-order valence-electron chi connectivity index (χ0n) is 15.5. The largest absolute Gasteiger partial charge is 0.360 e. The van der Waals surface area contributed by atoms with Crippen LogP contribution in [-0.2, 0) is 11.3 Å². The summed E-state index contributed by atoms with van der Waals surface area (Å²) in [6.45, 7) is 6.22. The molecule has 0 unspecified atom stereocenters. The van der Waals surface area contributed by atoms with E-state index in [1.54, 1.807) is 0 Å². The molecule has 1 fully saturated rings. The van der Waals surface area contributed by atoms with E-state index in [0.29, 0.717) is 6.54 Å². The number of piperazine rings is 1. The number of benzene rings is 2. The van der Waals surface area contributed by atoms with E-state index in [4.69, 9.17) is 0 Å². The van der Waals surface area contributed by atoms with Crippen LogP contribution in [0.25, 0.3) is 0 Å². The number of amides is 1. The molecular weight excluding hydrogens is 329 g/mol. The van der Waals surface area contributed by atoms with Crippen LogP contribution in [-0.4, -0.2) is 50.1 Å². The van der Waals surface area contributed by atoms with Crippen LogP contribution in [0.2, 0.25) is 0 Å². The minimum atomic E-state index is -0.210. The Labute approximate surface area is 154 Å². The number of rotatable bonds is 5. The van der Waals surface area contributed by atoms with Gasteiger partial charge in [0.2, 0.25) is 0 Å². The Morgan fingerprint density at radius 3 is 2.35 bits per heavy atom. The monoisotopic (exact) mass is 356 g/mol. The molecule has 5 heteroatoms. The summed E-state index contributed by atoms with van der Waals surface area (Å²) in [5, 5.41) is 0. The molecule has 1 atom stereocenters. The van der Waals surface area contributed by atoms with E-state index in [0.717, 1.165) is 37.4 Å². The Morgan fingerprint density at radius 1 is 1.12 bits per heavy atom. The summed E-state index contributed by atoms with van der Waals surface area (Å²) < 4.78 is 13.1. The fourth-order valence-electron chi connectivity index (χ4n) is 3.58. The molecule has 1 amide bonds. The fourth-order valence-corrected chi connectivity index (χ4v) is 3.58. The first-order valence-electron chi connectivity index (χ1n) is 9.18. The summed E-state index contributed by atoms with van der Waals surface area (Å²) in [6.07, 6.45) is 0. The third kappa shape index (κ3) is 4.41. The van der Waals surface area contributed by atoms with Crippen LogP contribution in [0.3, 0.4) is 0 Å². The second-order valence-electron chi connectivity index (χ2n) is 7.02. The lowest BCUT2D eigenvalue weighted by atomic mass is 10.1. The third-order valence-corrected chi connectivity index (χ3v) is 5.22. The highest BCUT2D eigenvalue weighted by Gasteiger charge is 2.31. The zero-order valence-corrected chi connectivity index (χ0v) is 15.5. The van der Waals surface area contributed by atoms with E-state index >= 15 is 0 Å². The SMILES string of the molecule is C[C@H](C(=O)N(C)Cc1ccccc1)[NH+]1CCN(c2ccc(F)cc2)CC1. The first kappa shape index (κ1) is 18.4. The Hall–Kier alpha value is -2.40. The maximum Gasteiger partial charge on any atom is 0.280 e. The topological polar surface area (TPSA) is 28.0 Å². The van der Waals surface area contributed by atoms with E-state index in [9.17, 15) is 9.18 Å². The van der Waals surface area contributed by atoms with Gasteiger partial charge in [0.25, 0.3) is 5.91 Å². The van der Waals surface area contributed by atoms with Crippen LogP contribution in [0.15, 0.2) is 54.6 Å². The molecule has 1 saturated heterocycles. The van der Waals surface area contributed by atoms with Gasteiger partial charge in [-0.2, -0.15) is 0 Å². The fraction of sp³-hybridized carbons (Fsp3) is 0.381. The summed E-state index contributed by atoms with van der Waals surface area (Å²) in [4.78, 5) is 18.2. The molecule has 2 aromatic carbocycles. The van der Waals surface area contributed by atoms with Crippen molar-refractivity contribution in [2.24, 2.45) is 0 Å². The molecule has 3 rings (SSSR count). The number of quaternary nitrogens is 1. The van der Waals surface area contributed by atoms with Gasteiger partial charge >= 0.3 is 0 Å². The number of carbonyl (C=O) groups excluding carboxylic acids is 1. The molecule has 1 aliphatic heterocycles. The van der Waals surface area contributed by atoms with Gasteiger partial charge in [0.05, 0.1) is 26.2 Å². The number of hydrogen-bond donors (Lipinski definition) is 1. The number of carbonyl (C=O) groups is 1. The molecule has 0 bridgehead atoms. The summed E-state index contributed by atoms with van der Waals surface area (Å²) >= 11 is 0. The molecule has 0 saturated carbocycles. The standard InChI is InChI=1S/C21H26FN3O/c1-17(21(26)23(2)16-18-6-4-3-5-7-18)24-12-14-25(15-13-24)20-10-8-19(22)9-11-20/h3-11,17H,12-16H2,1-2H3/p+1/t17-/m1/s1. The van der Waals surface area contributed by atoms with Crippen molar-refractivity contribution in [1.29, 1.82) is 0 Å². The maximum atomic E-state index is 13.1. The lowest BCUT2D eigenvalue weighted by Gasteiger charge is -2.37. The predicted molar refractivity (Wildman–Crippen MR) is 102 cm³/mol. The number of nitrogens with zero attached hydrogens (tertiary/aromatic N) is 2. The highest BCUT2D eigenvalue weighted by atomic mass is 19.1. The third-order valence-electron chi connectivity index (χ3n) is 5.22. The molecule has 26 heavy (non-hydrogen) atoms. The smallest absolute Gasteiger partial charge is 0.280 e. The molecule has 2 aromatic rings. The van der Waals surface area contributed by atoms with Crippen LogP contribution in [0.5, 0.6) is 0 Å². The van der Waals surface area contributed by atoms with E-state index in [1.807, 2.05) is 61.3 Å². The minimum absolute atomic E-state index is 0.0564. The number of hydrogen-bond acceptors (Lipinski definition) is 2. The zero-order chi connectivity index (χ0) is 18.5. The molecule has 138 valence electrons. The predicted octanol–water partition coefficient (Wildman–Crippen LogP) is 1.58. The second kappa shape index (κ2) is 8.32. The van der Waals surface area contributed by atoms with Gasteiger partial charge in [-0.1, -0.05) is 30.3 Å². The molecular formula is C21H27FN3O+. The van der Waals surface area contributed by atoms with Crippen LogP contribution >= 0.6 is 0 Å². The summed E-state index contributed by atoms with van der Waals surface area (Å²) in [6, 6.07) is 16.7. The first-order chi connectivity index (χ1) is 12.5. The highest BCUT2D eigenvalue weighted by molar-refractivity contribution is 5.79. The molecule has 1 N–H and O–H groups in total. The van der Waals surface area contributed by atoms with Crippen LogP contribution in [0.4, 0.5) is 10.1 Å². The van der Waals surface area contributed by atoms with Gasteiger partial charge in [0.15, 0.2) is 6.04 Å². The molecule has 1 aliphatic rings.